The summed E-state index contributed by atoms with van der Waals surface area (Å²) in [5.74, 6) is 0. The van der Waals surface area contributed by atoms with Crippen molar-refractivity contribution in [2.45, 2.75) is 26.2 Å². The molecule has 0 aliphatic heterocycles. The highest BCUT2D eigenvalue weighted by Crippen LogP contribution is 2.40. The van der Waals surface area contributed by atoms with Gasteiger partial charge in [-0.15, -0.1) is 0 Å². The van der Waals surface area contributed by atoms with Crippen LogP contribution in [0.1, 0.15) is 26.3 Å². The van der Waals surface area contributed by atoms with Crippen LogP contribution in [0.25, 0.3) is 33.1 Å². The molecule has 2 nitrogen and oxygen atoms in total. The number of aromatic nitrogens is 2. The highest BCUT2D eigenvalue weighted by molar-refractivity contribution is 6.10. The van der Waals surface area contributed by atoms with Gasteiger partial charge in [0.2, 0.25) is 0 Å². The van der Waals surface area contributed by atoms with Crippen molar-refractivity contribution in [2.24, 2.45) is 7.05 Å². The Morgan fingerprint density at radius 1 is 0.833 bits per heavy atom. The van der Waals surface area contributed by atoms with Crippen LogP contribution < -0.4 is 0 Å². The third-order valence-electron chi connectivity index (χ3n) is 4.74. The molecule has 0 spiro atoms. The molecular weight excluding hydrogens is 292 g/mol. The van der Waals surface area contributed by atoms with Gasteiger partial charge in [-0.1, -0.05) is 69.3 Å². The molecule has 0 radical (unpaired) electrons. The van der Waals surface area contributed by atoms with Gasteiger partial charge in [0.25, 0.3) is 0 Å². The quantitative estimate of drug-likeness (QED) is 0.441. The lowest BCUT2D eigenvalue weighted by atomic mass is 9.83. The van der Waals surface area contributed by atoms with Crippen molar-refractivity contribution in [1.82, 2.24) is 9.55 Å². The molecule has 4 rings (SSSR count). The normalized spacial score (nSPS) is 12.2. The van der Waals surface area contributed by atoms with Gasteiger partial charge in [0.1, 0.15) is 0 Å². The number of rotatable bonds is 1. The highest BCUT2D eigenvalue weighted by Gasteiger charge is 2.26. The number of hydrogen-bond donors (Lipinski definition) is 0. The second-order valence-electron chi connectivity index (χ2n) is 7.44. The highest BCUT2D eigenvalue weighted by atomic mass is 14.9. The molecule has 0 aliphatic carbocycles. The fourth-order valence-corrected chi connectivity index (χ4v) is 3.69. The lowest BCUT2D eigenvalue weighted by Crippen LogP contribution is -2.15. The molecule has 24 heavy (non-hydrogen) atoms. The summed E-state index contributed by atoms with van der Waals surface area (Å²) in [6.45, 7) is 6.81. The molecular formula is C22H22N2. The largest absolute Gasteiger partial charge is 0.343 e. The lowest BCUT2D eigenvalue weighted by molar-refractivity contribution is 0.592. The molecule has 0 N–H and O–H groups in total. The zero-order valence-corrected chi connectivity index (χ0v) is 14.7. The Balaban J connectivity index is 2.20. The van der Waals surface area contributed by atoms with E-state index in [1.54, 1.807) is 0 Å². The number of nitrogens with zero attached hydrogens (tertiary/aromatic N) is 2. The Morgan fingerprint density at radius 2 is 1.50 bits per heavy atom. The van der Waals surface area contributed by atoms with E-state index < -0.39 is 0 Å². The first-order valence-corrected chi connectivity index (χ1v) is 8.40. The van der Waals surface area contributed by atoms with E-state index in [0.717, 1.165) is 5.69 Å². The standard InChI is InChI=1S/C22H22N2/c1-22(2,3)19-20(15-10-6-5-7-11-15)23-14-17-16-12-8-9-13-18(16)24(4)21(17)19/h5-14H,1-4H3. The Labute approximate surface area is 142 Å². The maximum absolute atomic E-state index is 4.89. The zero-order chi connectivity index (χ0) is 16.9. The van der Waals surface area contributed by atoms with Crippen LogP contribution in [0.2, 0.25) is 0 Å². The van der Waals surface area contributed by atoms with Crippen molar-refractivity contribution in [1.29, 1.82) is 0 Å². The summed E-state index contributed by atoms with van der Waals surface area (Å²) in [6, 6.07) is 19.1. The summed E-state index contributed by atoms with van der Waals surface area (Å²) in [5.41, 5.74) is 6.11. The number of fused-ring (bicyclic) bond motifs is 3. The predicted octanol–water partition coefficient (Wildman–Crippen LogP) is 5.69. The van der Waals surface area contributed by atoms with Crippen LogP contribution in [0.4, 0.5) is 0 Å². The molecule has 4 aromatic rings. The van der Waals surface area contributed by atoms with Gasteiger partial charge in [0, 0.05) is 40.7 Å². The Kier molecular flexibility index (Phi) is 3.24. The number of para-hydroxylation sites is 1. The minimum Gasteiger partial charge on any atom is -0.343 e. The van der Waals surface area contributed by atoms with Crippen LogP contribution >= 0.6 is 0 Å². The van der Waals surface area contributed by atoms with E-state index in [-0.39, 0.29) is 5.41 Å². The molecule has 2 heterocycles. The molecule has 0 saturated heterocycles. The summed E-state index contributed by atoms with van der Waals surface area (Å²) in [7, 11) is 2.16. The smallest absolute Gasteiger partial charge is 0.0760 e. The molecule has 2 aromatic carbocycles. The minimum atomic E-state index is -0.000178. The third-order valence-corrected chi connectivity index (χ3v) is 4.74. The Hall–Kier alpha value is -2.61. The average molecular weight is 314 g/mol. The van der Waals surface area contributed by atoms with E-state index in [9.17, 15) is 0 Å². The number of pyridine rings is 1. The third kappa shape index (κ3) is 2.14. The summed E-state index contributed by atoms with van der Waals surface area (Å²) in [5, 5.41) is 2.50. The fourth-order valence-electron chi connectivity index (χ4n) is 3.69. The molecule has 0 atom stereocenters. The first kappa shape index (κ1) is 14.9. The minimum absolute atomic E-state index is 0.000178. The summed E-state index contributed by atoms with van der Waals surface area (Å²) >= 11 is 0. The van der Waals surface area contributed by atoms with Crippen LogP contribution in [0.5, 0.6) is 0 Å². The Bertz CT molecular complexity index is 1030. The first-order chi connectivity index (χ1) is 11.5. The second-order valence-corrected chi connectivity index (χ2v) is 7.44. The van der Waals surface area contributed by atoms with Gasteiger partial charge in [-0.25, -0.2) is 0 Å². The van der Waals surface area contributed by atoms with Gasteiger partial charge < -0.3 is 4.57 Å². The van der Waals surface area contributed by atoms with Crippen LogP contribution in [0, 0.1) is 0 Å². The van der Waals surface area contributed by atoms with E-state index in [1.807, 2.05) is 6.20 Å². The van der Waals surface area contributed by atoms with Crippen molar-refractivity contribution in [3.63, 3.8) is 0 Å². The van der Waals surface area contributed by atoms with E-state index in [0.29, 0.717) is 0 Å². The SMILES string of the molecule is Cn1c2ccccc2c2cnc(-c3ccccc3)c(C(C)(C)C)c21. The monoisotopic (exact) mass is 314 g/mol. The number of aryl methyl sites for hydroxylation is 1. The van der Waals surface area contributed by atoms with Crippen molar-refractivity contribution in [3.8, 4) is 11.3 Å². The molecule has 2 heteroatoms. The van der Waals surface area contributed by atoms with Gasteiger partial charge in [-0.2, -0.15) is 0 Å². The first-order valence-electron chi connectivity index (χ1n) is 8.40. The molecule has 0 amide bonds. The van der Waals surface area contributed by atoms with E-state index in [2.05, 4.69) is 87.0 Å². The van der Waals surface area contributed by atoms with Crippen LogP contribution in [0.3, 0.4) is 0 Å². The van der Waals surface area contributed by atoms with Crippen molar-refractivity contribution in [3.05, 3.63) is 66.4 Å². The van der Waals surface area contributed by atoms with Crippen molar-refractivity contribution in [2.75, 3.05) is 0 Å². The lowest BCUT2D eigenvalue weighted by Gasteiger charge is -2.24. The molecule has 0 fully saturated rings. The van der Waals surface area contributed by atoms with Gasteiger partial charge in [0.15, 0.2) is 0 Å². The van der Waals surface area contributed by atoms with Crippen LogP contribution in [0.15, 0.2) is 60.8 Å². The average Bonchev–Trinajstić information content (AvgIpc) is 2.87. The summed E-state index contributed by atoms with van der Waals surface area (Å²) in [6.07, 6.45) is 2.04. The molecule has 0 unspecified atom stereocenters. The van der Waals surface area contributed by atoms with E-state index in [1.165, 1.54) is 32.9 Å². The molecule has 0 bridgehead atoms. The van der Waals surface area contributed by atoms with Gasteiger partial charge in [-0.3, -0.25) is 4.98 Å². The molecule has 2 aromatic heterocycles. The van der Waals surface area contributed by atoms with E-state index in [4.69, 9.17) is 4.98 Å². The topological polar surface area (TPSA) is 17.8 Å². The van der Waals surface area contributed by atoms with Crippen LogP contribution in [-0.4, -0.2) is 9.55 Å². The predicted molar refractivity (Wildman–Crippen MR) is 102 cm³/mol. The molecule has 0 saturated carbocycles. The van der Waals surface area contributed by atoms with Gasteiger partial charge in [-0.05, 0) is 11.5 Å². The maximum Gasteiger partial charge on any atom is 0.0760 e. The second kappa shape index (κ2) is 5.20. The van der Waals surface area contributed by atoms with E-state index >= 15 is 0 Å². The Morgan fingerprint density at radius 3 is 2.21 bits per heavy atom. The van der Waals surface area contributed by atoms with Crippen molar-refractivity contribution < 1.29 is 0 Å². The van der Waals surface area contributed by atoms with Crippen molar-refractivity contribution >= 4 is 21.8 Å². The van der Waals surface area contributed by atoms with Crippen LogP contribution in [-0.2, 0) is 12.5 Å². The van der Waals surface area contributed by atoms with Gasteiger partial charge in [0.05, 0.1) is 11.2 Å². The number of benzene rings is 2. The number of hydrogen-bond acceptors (Lipinski definition) is 1. The summed E-state index contributed by atoms with van der Waals surface area (Å²) < 4.78 is 2.32. The fraction of sp³-hybridized carbons (Fsp3) is 0.227. The molecule has 120 valence electrons. The van der Waals surface area contributed by atoms with Gasteiger partial charge >= 0.3 is 0 Å². The maximum atomic E-state index is 4.89. The molecule has 0 aliphatic rings. The zero-order valence-electron chi connectivity index (χ0n) is 14.7. The summed E-state index contributed by atoms with van der Waals surface area (Å²) in [4.78, 5) is 4.89.